The molecule has 0 saturated heterocycles. The zero-order valence-corrected chi connectivity index (χ0v) is 10.5. The Morgan fingerprint density at radius 3 is 3.00 bits per heavy atom. The maximum Gasteiger partial charge on any atom is 0.278 e. The van der Waals surface area contributed by atoms with Gasteiger partial charge in [-0.1, -0.05) is 11.6 Å². The fourth-order valence-corrected chi connectivity index (χ4v) is 1.57. The van der Waals surface area contributed by atoms with Crippen molar-refractivity contribution in [2.75, 3.05) is 17.2 Å². The highest BCUT2D eigenvalue weighted by atomic mass is 35.5. The molecule has 6 nitrogen and oxygen atoms in total. The number of anilines is 2. The number of aromatic amines is 1. The Morgan fingerprint density at radius 2 is 2.33 bits per heavy atom. The van der Waals surface area contributed by atoms with Crippen molar-refractivity contribution in [3.05, 3.63) is 35.2 Å². The molecule has 1 amide bonds. The van der Waals surface area contributed by atoms with Crippen LogP contribution in [0.5, 0.6) is 0 Å². The van der Waals surface area contributed by atoms with Crippen molar-refractivity contribution in [3.63, 3.8) is 0 Å². The molecular formula is C11H12ClN5O. The fraction of sp³-hybridized carbons (Fsp3) is 0.182. The molecule has 0 atom stereocenters. The number of H-pyrrole nitrogens is 1. The zero-order chi connectivity index (χ0) is 13.0. The molecule has 0 bridgehead atoms. The lowest BCUT2D eigenvalue weighted by molar-refractivity contribution is 0.102. The van der Waals surface area contributed by atoms with Crippen molar-refractivity contribution in [2.24, 2.45) is 0 Å². The summed E-state index contributed by atoms with van der Waals surface area (Å²) in [6, 6.07) is 3.35. The standard InChI is InChI=1S/C11H12ClN5O/c1-2-13-8-4-3-7(12)9(16-8)10(18)17-11-14-5-6-15-11/h3-6H,2H2,1H3,(H,13,16)(H2,14,15,17,18). The summed E-state index contributed by atoms with van der Waals surface area (Å²) < 4.78 is 0. The molecule has 2 aromatic rings. The summed E-state index contributed by atoms with van der Waals surface area (Å²) in [6.45, 7) is 2.66. The second kappa shape index (κ2) is 5.50. The Morgan fingerprint density at radius 1 is 1.50 bits per heavy atom. The number of pyridine rings is 1. The fourth-order valence-electron chi connectivity index (χ4n) is 1.38. The van der Waals surface area contributed by atoms with Gasteiger partial charge >= 0.3 is 0 Å². The molecule has 7 heteroatoms. The molecule has 0 aliphatic heterocycles. The third kappa shape index (κ3) is 2.78. The van der Waals surface area contributed by atoms with Crippen molar-refractivity contribution in [2.45, 2.75) is 6.92 Å². The lowest BCUT2D eigenvalue weighted by atomic mass is 10.3. The van der Waals surface area contributed by atoms with Crippen molar-refractivity contribution in [1.29, 1.82) is 0 Å². The smallest absolute Gasteiger partial charge is 0.278 e. The Kier molecular flexibility index (Phi) is 3.78. The van der Waals surface area contributed by atoms with E-state index in [1.54, 1.807) is 24.5 Å². The van der Waals surface area contributed by atoms with Crippen LogP contribution in [0.15, 0.2) is 24.5 Å². The Balaban J connectivity index is 2.20. The number of halogens is 1. The molecule has 0 fully saturated rings. The number of imidazole rings is 1. The summed E-state index contributed by atoms with van der Waals surface area (Å²) in [6.07, 6.45) is 3.15. The van der Waals surface area contributed by atoms with Crippen molar-refractivity contribution >= 4 is 29.3 Å². The summed E-state index contributed by atoms with van der Waals surface area (Å²) in [5.74, 6) is 0.549. The van der Waals surface area contributed by atoms with Gasteiger partial charge in [0.15, 0.2) is 0 Å². The third-order valence-corrected chi connectivity index (χ3v) is 2.45. The van der Waals surface area contributed by atoms with Crippen LogP contribution in [0, 0.1) is 0 Å². The normalized spacial score (nSPS) is 10.1. The Bertz CT molecular complexity index is 540. The topological polar surface area (TPSA) is 82.7 Å². The van der Waals surface area contributed by atoms with E-state index in [0.29, 0.717) is 23.3 Å². The van der Waals surface area contributed by atoms with Gasteiger partial charge in [0, 0.05) is 18.9 Å². The minimum absolute atomic E-state index is 0.159. The average molecular weight is 266 g/mol. The number of carbonyl (C=O) groups excluding carboxylic acids is 1. The van der Waals surface area contributed by atoms with Gasteiger partial charge in [0.1, 0.15) is 11.5 Å². The van der Waals surface area contributed by atoms with E-state index in [0.717, 1.165) is 0 Å². The van der Waals surface area contributed by atoms with Crippen LogP contribution in [0.1, 0.15) is 17.4 Å². The predicted octanol–water partition coefficient (Wildman–Crippen LogP) is 2.14. The van der Waals surface area contributed by atoms with E-state index >= 15 is 0 Å². The van der Waals surface area contributed by atoms with Crippen LogP contribution in [0.3, 0.4) is 0 Å². The number of amides is 1. The van der Waals surface area contributed by atoms with Crippen LogP contribution in [0.4, 0.5) is 11.8 Å². The van der Waals surface area contributed by atoms with Gasteiger partial charge in [0.05, 0.1) is 5.02 Å². The number of nitrogens with zero attached hydrogens (tertiary/aromatic N) is 2. The molecule has 0 aliphatic carbocycles. The van der Waals surface area contributed by atoms with Gasteiger partial charge in [-0.25, -0.2) is 9.97 Å². The summed E-state index contributed by atoms with van der Waals surface area (Å²) >= 11 is 5.95. The van der Waals surface area contributed by atoms with E-state index in [4.69, 9.17) is 11.6 Å². The SMILES string of the molecule is CCNc1ccc(Cl)c(C(=O)Nc2ncc[nH]2)n1. The number of hydrogen-bond acceptors (Lipinski definition) is 4. The maximum absolute atomic E-state index is 11.9. The van der Waals surface area contributed by atoms with Crippen LogP contribution in [-0.4, -0.2) is 27.4 Å². The largest absolute Gasteiger partial charge is 0.370 e. The molecule has 0 saturated carbocycles. The summed E-state index contributed by atoms with van der Waals surface area (Å²) in [4.78, 5) is 22.8. The molecule has 18 heavy (non-hydrogen) atoms. The first-order chi connectivity index (χ1) is 8.70. The predicted molar refractivity (Wildman–Crippen MR) is 70.0 cm³/mol. The highest BCUT2D eigenvalue weighted by molar-refractivity contribution is 6.34. The lowest BCUT2D eigenvalue weighted by Crippen LogP contribution is -2.16. The minimum atomic E-state index is -0.408. The monoisotopic (exact) mass is 265 g/mol. The van der Waals surface area contributed by atoms with E-state index in [1.807, 2.05) is 6.92 Å². The first kappa shape index (κ1) is 12.4. The van der Waals surface area contributed by atoms with Gasteiger partial charge in [-0.15, -0.1) is 0 Å². The zero-order valence-electron chi connectivity index (χ0n) is 9.70. The average Bonchev–Trinajstić information content (AvgIpc) is 2.84. The van der Waals surface area contributed by atoms with Crippen molar-refractivity contribution < 1.29 is 4.79 Å². The molecule has 0 unspecified atom stereocenters. The quantitative estimate of drug-likeness (QED) is 0.791. The molecule has 2 aromatic heterocycles. The molecule has 0 radical (unpaired) electrons. The molecule has 0 spiro atoms. The Hall–Kier alpha value is -2.08. The molecule has 0 aliphatic rings. The lowest BCUT2D eigenvalue weighted by Gasteiger charge is -2.07. The highest BCUT2D eigenvalue weighted by Gasteiger charge is 2.14. The molecule has 3 N–H and O–H groups in total. The molecular weight excluding hydrogens is 254 g/mol. The van der Waals surface area contributed by atoms with E-state index in [9.17, 15) is 4.79 Å². The van der Waals surface area contributed by atoms with E-state index in [-0.39, 0.29) is 5.69 Å². The molecule has 2 rings (SSSR count). The van der Waals surface area contributed by atoms with Gasteiger partial charge in [-0.3, -0.25) is 10.1 Å². The van der Waals surface area contributed by atoms with Crippen LogP contribution < -0.4 is 10.6 Å². The molecule has 94 valence electrons. The van der Waals surface area contributed by atoms with Crippen LogP contribution >= 0.6 is 11.6 Å². The van der Waals surface area contributed by atoms with Gasteiger partial charge < -0.3 is 10.3 Å². The van der Waals surface area contributed by atoms with E-state index < -0.39 is 5.91 Å². The van der Waals surface area contributed by atoms with Gasteiger partial charge in [-0.05, 0) is 19.1 Å². The van der Waals surface area contributed by atoms with Crippen LogP contribution in [-0.2, 0) is 0 Å². The number of rotatable bonds is 4. The van der Waals surface area contributed by atoms with Gasteiger partial charge in [0.2, 0.25) is 5.95 Å². The van der Waals surface area contributed by atoms with Crippen molar-refractivity contribution in [1.82, 2.24) is 15.0 Å². The second-order valence-electron chi connectivity index (χ2n) is 3.45. The van der Waals surface area contributed by atoms with Crippen LogP contribution in [0.2, 0.25) is 5.02 Å². The van der Waals surface area contributed by atoms with Crippen LogP contribution in [0.25, 0.3) is 0 Å². The third-order valence-electron chi connectivity index (χ3n) is 2.15. The molecule has 2 heterocycles. The second-order valence-corrected chi connectivity index (χ2v) is 3.86. The highest BCUT2D eigenvalue weighted by Crippen LogP contribution is 2.17. The number of carbonyl (C=O) groups is 1. The first-order valence-corrected chi connectivity index (χ1v) is 5.79. The first-order valence-electron chi connectivity index (χ1n) is 5.42. The maximum atomic E-state index is 11.9. The van der Waals surface area contributed by atoms with Gasteiger partial charge in [-0.2, -0.15) is 0 Å². The number of aromatic nitrogens is 3. The van der Waals surface area contributed by atoms with E-state index in [2.05, 4.69) is 25.6 Å². The number of hydrogen-bond donors (Lipinski definition) is 3. The summed E-state index contributed by atoms with van der Waals surface area (Å²) in [7, 11) is 0. The summed E-state index contributed by atoms with van der Waals surface area (Å²) in [5, 5.41) is 5.88. The van der Waals surface area contributed by atoms with Crippen molar-refractivity contribution in [3.8, 4) is 0 Å². The van der Waals surface area contributed by atoms with E-state index in [1.165, 1.54) is 0 Å². The Labute approximate surface area is 109 Å². The molecule has 0 aromatic carbocycles. The van der Waals surface area contributed by atoms with Gasteiger partial charge in [0.25, 0.3) is 5.91 Å². The summed E-state index contributed by atoms with van der Waals surface area (Å²) in [5.41, 5.74) is 0.159. The minimum Gasteiger partial charge on any atom is -0.370 e. The number of nitrogens with one attached hydrogen (secondary N) is 3.